The molecule has 3 fully saturated rings. The minimum atomic E-state index is -0.268. The van der Waals surface area contributed by atoms with Gasteiger partial charge in [-0.2, -0.15) is 4.98 Å². The number of rotatable bonds is 5. The third kappa shape index (κ3) is 4.74. The Morgan fingerprint density at radius 2 is 1.60 bits per heavy atom. The molecule has 0 unspecified atom stereocenters. The highest BCUT2D eigenvalue weighted by Gasteiger charge is 2.23. The molecule has 3 aromatic rings. The van der Waals surface area contributed by atoms with Crippen LogP contribution in [0.5, 0.6) is 0 Å². The number of hydrogen-bond donors (Lipinski definition) is 1. The van der Waals surface area contributed by atoms with Gasteiger partial charge >= 0.3 is 0 Å². The first-order valence-corrected chi connectivity index (χ1v) is 13.3. The highest BCUT2D eigenvalue weighted by molar-refractivity contribution is 7.22. The van der Waals surface area contributed by atoms with Gasteiger partial charge in [0.1, 0.15) is 11.5 Å². The predicted octanol–water partition coefficient (Wildman–Crippen LogP) is 3.16. The number of ether oxygens (including phenoxy) is 1. The summed E-state index contributed by atoms with van der Waals surface area (Å²) < 4.78 is 6.45. The van der Waals surface area contributed by atoms with Crippen molar-refractivity contribution in [1.82, 2.24) is 19.9 Å². The number of nitrogens with zero attached hydrogens (tertiary/aromatic N) is 7. The summed E-state index contributed by atoms with van der Waals surface area (Å²) in [5.74, 6) is 1.28. The van der Waals surface area contributed by atoms with Gasteiger partial charge in [0.05, 0.1) is 36.0 Å². The molecule has 3 aliphatic rings. The second-order valence-corrected chi connectivity index (χ2v) is 10.2. The maximum Gasteiger partial charge on any atom is 0.276 e. The van der Waals surface area contributed by atoms with Crippen LogP contribution in [0.3, 0.4) is 0 Å². The molecule has 3 saturated heterocycles. The van der Waals surface area contributed by atoms with E-state index in [0.29, 0.717) is 24.6 Å². The van der Waals surface area contributed by atoms with Crippen LogP contribution in [0.4, 0.5) is 22.5 Å². The molecule has 1 amide bonds. The number of piperidine rings is 1. The molecule has 0 saturated carbocycles. The molecule has 0 bridgehead atoms. The van der Waals surface area contributed by atoms with Crippen LogP contribution in [0.15, 0.2) is 18.5 Å². The highest BCUT2D eigenvalue weighted by atomic mass is 32.1. The third-order valence-electron chi connectivity index (χ3n) is 6.82. The van der Waals surface area contributed by atoms with Crippen molar-refractivity contribution in [2.45, 2.75) is 32.1 Å². The molecule has 10 nitrogen and oxygen atoms in total. The number of hydrogen-bond acceptors (Lipinski definition) is 10. The predicted molar refractivity (Wildman–Crippen MR) is 138 cm³/mol. The molecule has 184 valence electrons. The summed E-state index contributed by atoms with van der Waals surface area (Å²) in [6, 6.07) is 2.02. The van der Waals surface area contributed by atoms with Crippen molar-refractivity contribution in [3.05, 3.63) is 24.2 Å². The molecule has 6 heterocycles. The monoisotopic (exact) mass is 494 g/mol. The van der Waals surface area contributed by atoms with Crippen molar-refractivity contribution < 1.29 is 9.53 Å². The number of anilines is 4. The summed E-state index contributed by atoms with van der Waals surface area (Å²) in [6.07, 6.45) is 9.01. The topological polar surface area (TPSA) is 99.6 Å². The van der Waals surface area contributed by atoms with E-state index in [1.165, 1.54) is 12.6 Å². The number of aromatic nitrogens is 4. The SMILES string of the molecule is O=C(Nc1cc2sc(N3CCOCC3)nc2nc1N1CCCCC1)c1cncc(N2CCCC2)n1. The minimum Gasteiger partial charge on any atom is -0.378 e. The Balaban J connectivity index is 1.32. The second-order valence-electron chi connectivity index (χ2n) is 9.24. The van der Waals surface area contributed by atoms with Crippen LogP contribution >= 0.6 is 11.3 Å². The Kier molecular flexibility index (Phi) is 6.34. The van der Waals surface area contributed by atoms with Gasteiger partial charge in [-0.15, -0.1) is 0 Å². The summed E-state index contributed by atoms with van der Waals surface area (Å²) >= 11 is 1.61. The summed E-state index contributed by atoms with van der Waals surface area (Å²) in [6.45, 7) is 6.83. The van der Waals surface area contributed by atoms with Gasteiger partial charge in [0.2, 0.25) is 0 Å². The maximum absolute atomic E-state index is 13.3. The average Bonchev–Trinajstić information content (AvgIpc) is 3.60. The lowest BCUT2D eigenvalue weighted by Crippen LogP contribution is -2.36. The van der Waals surface area contributed by atoms with E-state index in [1.807, 2.05) is 6.07 Å². The van der Waals surface area contributed by atoms with E-state index < -0.39 is 0 Å². The lowest BCUT2D eigenvalue weighted by Gasteiger charge is -2.29. The molecule has 0 atom stereocenters. The van der Waals surface area contributed by atoms with Crippen LogP contribution in [0.25, 0.3) is 10.3 Å². The summed E-state index contributed by atoms with van der Waals surface area (Å²) in [4.78, 5) is 38.7. The van der Waals surface area contributed by atoms with E-state index in [1.54, 1.807) is 17.5 Å². The summed E-state index contributed by atoms with van der Waals surface area (Å²) in [5.41, 5.74) is 1.75. The van der Waals surface area contributed by atoms with Crippen LogP contribution in [0.1, 0.15) is 42.6 Å². The summed E-state index contributed by atoms with van der Waals surface area (Å²) in [7, 11) is 0. The Hall–Kier alpha value is -3.05. The van der Waals surface area contributed by atoms with Crippen molar-refractivity contribution in [3.63, 3.8) is 0 Å². The van der Waals surface area contributed by atoms with Crippen molar-refractivity contribution >= 4 is 50.0 Å². The standard InChI is InChI=1S/C24H30N8O2S/c33-23(18-15-25-16-20(26-18)30-6-4-5-7-30)27-17-14-19-21(28-22(17)31-8-2-1-3-9-31)29-24(35-19)32-10-12-34-13-11-32/h14-16H,1-13H2,(H,27,33). The average molecular weight is 495 g/mol. The zero-order valence-electron chi connectivity index (χ0n) is 19.8. The fourth-order valence-corrected chi connectivity index (χ4v) is 5.92. The van der Waals surface area contributed by atoms with E-state index in [4.69, 9.17) is 14.7 Å². The highest BCUT2D eigenvalue weighted by Crippen LogP contribution is 2.35. The third-order valence-corrected chi connectivity index (χ3v) is 7.87. The molecule has 1 N–H and O–H groups in total. The molecule has 0 aromatic carbocycles. The molecule has 3 aliphatic heterocycles. The number of morpholine rings is 1. The first-order chi connectivity index (χ1) is 17.2. The number of thiazole rings is 1. The molecular formula is C24H30N8O2S. The lowest BCUT2D eigenvalue weighted by molar-refractivity contribution is 0.102. The molecular weight excluding hydrogens is 464 g/mol. The lowest BCUT2D eigenvalue weighted by atomic mass is 10.1. The number of amides is 1. The minimum absolute atomic E-state index is 0.268. The van der Waals surface area contributed by atoms with Crippen LogP contribution in [0.2, 0.25) is 0 Å². The molecule has 35 heavy (non-hydrogen) atoms. The van der Waals surface area contributed by atoms with Gasteiger partial charge in [-0.05, 0) is 38.2 Å². The number of nitrogens with one attached hydrogen (secondary N) is 1. The zero-order valence-corrected chi connectivity index (χ0v) is 20.6. The van der Waals surface area contributed by atoms with Gasteiger partial charge in [-0.3, -0.25) is 9.78 Å². The van der Waals surface area contributed by atoms with Gasteiger partial charge in [0, 0.05) is 39.3 Å². The molecule has 3 aromatic heterocycles. The first-order valence-electron chi connectivity index (χ1n) is 12.5. The van der Waals surface area contributed by atoms with Gasteiger partial charge in [0.15, 0.2) is 16.6 Å². The largest absolute Gasteiger partial charge is 0.378 e. The van der Waals surface area contributed by atoms with E-state index >= 15 is 0 Å². The van der Waals surface area contributed by atoms with Gasteiger partial charge < -0.3 is 24.8 Å². The molecule has 0 radical (unpaired) electrons. The van der Waals surface area contributed by atoms with Crippen molar-refractivity contribution in [2.75, 3.05) is 72.5 Å². The second kappa shape index (κ2) is 9.90. The Labute approximate surface area is 208 Å². The Morgan fingerprint density at radius 1 is 0.857 bits per heavy atom. The normalized spacial score (nSPS) is 18.9. The van der Waals surface area contributed by atoms with Crippen LogP contribution in [-0.2, 0) is 4.74 Å². The Morgan fingerprint density at radius 3 is 2.40 bits per heavy atom. The fourth-order valence-electron chi connectivity index (χ4n) is 4.92. The molecule has 0 spiro atoms. The van der Waals surface area contributed by atoms with Crippen LogP contribution in [0, 0.1) is 0 Å². The van der Waals surface area contributed by atoms with E-state index in [2.05, 4.69) is 30.0 Å². The molecule has 6 rings (SSSR count). The van der Waals surface area contributed by atoms with Crippen LogP contribution in [-0.4, -0.2) is 78.3 Å². The van der Waals surface area contributed by atoms with Gasteiger partial charge in [0.25, 0.3) is 5.91 Å². The number of carbonyl (C=O) groups excluding carboxylic acids is 1. The zero-order chi connectivity index (χ0) is 23.6. The van der Waals surface area contributed by atoms with E-state index in [0.717, 1.165) is 92.1 Å². The maximum atomic E-state index is 13.3. The number of pyridine rings is 1. The van der Waals surface area contributed by atoms with Crippen molar-refractivity contribution in [1.29, 1.82) is 0 Å². The van der Waals surface area contributed by atoms with Crippen LogP contribution < -0.4 is 20.0 Å². The van der Waals surface area contributed by atoms with Gasteiger partial charge in [-0.25, -0.2) is 9.97 Å². The van der Waals surface area contributed by atoms with E-state index in [-0.39, 0.29) is 5.91 Å². The Bertz CT molecular complexity index is 1200. The molecule has 11 heteroatoms. The smallest absolute Gasteiger partial charge is 0.276 e. The number of carbonyl (C=O) groups is 1. The number of fused-ring (bicyclic) bond motifs is 1. The fraction of sp³-hybridized carbons (Fsp3) is 0.542. The van der Waals surface area contributed by atoms with E-state index in [9.17, 15) is 4.79 Å². The van der Waals surface area contributed by atoms with Crippen molar-refractivity contribution in [3.8, 4) is 0 Å². The molecule has 0 aliphatic carbocycles. The van der Waals surface area contributed by atoms with Crippen molar-refractivity contribution in [2.24, 2.45) is 0 Å². The first kappa shape index (κ1) is 22.4. The summed E-state index contributed by atoms with van der Waals surface area (Å²) in [5, 5.41) is 4.06. The quantitative estimate of drug-likeness (QED) is 0.573. The van der Waals surface area contributed by atoms with Gasteiger partial charge in [-0.1, -0.05) is 11.3 Å².